The van der Waals surface area contributed by atoms with Gasteiger partial charge in [0.15, 0.2) is 0 Å². The standard InChI is InChI=1S/C22H28F2N2O6/c1-3-8-17(23)31-21(29)16(25-22(30)32-18(24)9-4-2)12-7-13-26-19(27)14-10-5-6-11-15(14)20(26)28/h5-6,10-11,16-18H,3-4,7-9,12-13H2,1-2H3,(H,25,30)/t16-,17?,18?/m1/s1. The van der Waals surface area contributed by atoms with Crippen LogP contribution in [0.2, 0.25) is 0 Å². The van der Waals surface area contributed by atoms with Gasteiger partial charge in [0.25, 0.3) is 11.8 Å². The van der Waals surface area contributed by atoms with Gasteiger partial charge in [-0.25, -0.2) is 18.4 Å². The van der Waals surface area contributed by atoms with E-state index in [1.54, 1.807) is 38.1 Å². The number of carbonyl (C=O) groups is 4. The molecule has 2 unspecified atom stereocenters. The lowest BCUT2D eigenvalue weighted by Crippen LogP contribution is -2.44. The Morgan fingerprint density at radius 2 is 1.47 bits per heavy atom. The van der Waals surface area contributed by atoms with Gasteiger partial charge >= 0.3 is 12.1 Å². The summed E-state index contributed by atoms with van der Waals surface area (Å²) in [7, 11) is 0. The fourth-order valence-electron chi connectivity index (χ4n) is 3.22. The van der Waals surface area contributed by atoms with Gasteiger partial charge in [0, 0.05) is 19.4 Å². The highest BCUT2D eigenvalue weighted by molar-refractivity contribution is 6.21. The van der Waals surface area contributed by atoms with E-state index in [4.69, 9.17) is 4.74 Å². The molecule has 0 radical (unpaired) electrons. The molecular weight excluding hydrogens is 426 g/mol. The molecule has 1 aromatic rings. The molecule has 0 saturated carbocycles. The number of imide groups is 1. The van der Waals surface area contributed by atoms with Crippen molar-refractivity contribution in [2.45, 2.75) is 71.1 Å². The van der Waals surface area contributed by atoms with E-state index in [1.807, 2.05) is 0 Å². The Balaban J connectivity index is 1.98. The number of carbonyl (C=O) groups excluding carboxylic acids is 4. The van der Waals surface area contributed by atoms with Crippen molar-refractivity contribution in [3.63, 3.8) is 0 Å². The number of nitrogens with one attached hydrogen (secondary N) is 1. The zero-order chi connectivity index (χ0) is 23.7. The molecule has 32 heavy (non-hydrogen) atoms. The molecule has 176 valence electrons. The topological polar surface area (TPSA) is 102 Å². The number of amides is 3. The van der Waals surface area contributed by atoms with Crippen LogP contribution in [-0.4, -0.2) is 54.1 Å². The summed E-state index contributed by atoms with van der Waals surface area (Å²) in [6.07, 6.45) is -3.97. The van der Waals surface area contributed by atoms with Crippen molar-refractivity contribution in [3.8, 4) is 0 Å². The number of esters is 1. The number of nitrogens with zero attached hydrogens (tertiary/aromatic N) is 1. The van der Waals surface area contributed by atoms with Gasteiger partial charge in [-0.2, -0.15) is 0 Å². The molecule has 0 saturated heterocycles. The van der Waals surface area contributed by atoms with Crippen LogP contribution in [0, 0.1) is 0 Å². The maximum atomic E-state index is 13.7. The van der Waals surface area contributed by atoms with Crippen molar-refractivity contribution in [3.05, 3.63) is 35.4 Å². The van der Waals surface area contributed by atoms with Crippen LogP contribution in [0.5, 0.6) is 0 Å². The Hall–Kier alpha value is -3.04. The number of fused-ring (bicyclic) bond motifs is 1. The van der Waals surface area contributed by atoms with Crippen LogP contribution in [-0.2, 0) is 14.3 Å². The highest BCUT2D eigenvalue weighted by Crippen LogP contribution is 2.23. The highest BCUT2D eigenvalue weighted by atomic mass is 19.1. The van der Waals surface area contributed by atoms with Gasteiger partial charge in [-0.05, 0) is 37.8 Å². The summed E-state index contributed by atoms with van der Waals surface area (Å²) in [6.45, 7) is 3.40. The maximum absolute atomic E-state index is 13.7. The van der Waals surface area contributed by atoms with E-state index in [-0.39, 0.29) is 32.2 Å². The van der Waals surface area contributed by atoms with Crippen LogP contribution >= 0.6 is 0 Å². The van der Waals surface area contributed by atoms with E-state index in [9.17, 15) is 28.0 Å². The molecule has 0 bridgehead atoms. The lowest BCUT2D eigenvalue weighted by molar-refractivity contribution is -0.161. The molecule has 8 nitrogen and oxygen atoms in total. The Kier molecular flexibility index (Phi) is 9.55. The molecule has 0 spiro atoms. The molecule has 0 aromatic heterocycles. The molecule has 1 aliphatic rings. The number of ether oxygens (including phenoxy) is 2. The van der Waals surface area contributed by atoms with Gasteiger partial charge < -0.3 is 14.8 Å². The molecule has 2 rings (SSSR count). The van der Waals surface area contributed by atoms with Gasteiger partial charge in [-0.1, -0.05) is 26.0 Å². The van der Waals surface area contributed by atoms with Crippen LogP contribution in [0.25, 0.3) is 0 Å². The number of halogens is 2. The average Bonchev–Trinajstić information content (AvgIpc) is 2.98. The number of rotatable bonds is 12. The minimum absolute atomic E-state index is 0.00860. The molecule has 1 N–H and O–H groups in total. The molecule has 0 fully saturated rings. The number of hydrogen-bond acceptors (Lipinski definition) is 6. The molecule has 1 heterocycles. The van der Waals surface area contributed by atoms with E-state index in [0.717, 1.165) is 4.90 Å². The van der Waals surface area contributed by atoms with Crippen molar-refractivity contribution in [1.29, 1.82) is 0 Å². The SMILES string of the molecule is CCCC(F)OC(=O)N[C@H](CCCN1C(=O)c2ccccc2C1=O)C(=O)OC(F)CCC. The zero-order valence-electron chi connectivity index (χ0n) is 18.1. The predicted octanol–water partition coefficient (Wildman–Crippen LogP) is 3.89. The van der Waals surface area contributed by atoms with Crippen molar-refractivity contribution in [1.82, 2.24) is 10.2 Å². The largest absolute Gasteiger partial charge is 0.430 e. The van der Waals surface area contributed by atoms with Crippen LogP contribution < -0.4 is 5.32 Å². The number of hydrogen-bond donors (Lipinski definition) is 1. The van der Waals surface area contributed by atoms with E-state index in [1.165, 1.54) is 0 Å². The van der Waals surface area contributed by atoms with Gasteiger partial charge in [0.1, 0.15) is 6.04 Å². The Morgan fingerprint density at radius 3 is 2.00 bits per heavy atom. The summed E-state index contributed by atoms with van der Waals surface area (Å²) in [5.41, 5.74) is 0.583. The second-order valence-corrected chi connectivity index (χ2v) is 7.39. The third-order valence-corrected chi connectivity index (χ3v) is 4.84. The fourth-order valence-corrected chi connectivity index (χ4v) is 3.22. The number of alkyl halides is 2. The third-order valence-electron chi connectivity index (χ3n) is 4.84. The first-order valence-electron chi connectivity index (χ1n) is 10.7. The van der Waals surface area contributed by atoms with Crippen LogP contribution in [0.4, 0.5) is 13.6 Å². The second kappa shape index (κ2) is 12.1. The summed E-state index contributed by atoms with van der Waals surface area (Å²) in [4.78, 5) is 50.2. The molecule has 0 aliphatic carbocycles. The fraction of sp³-hybridized carbons (Fsp3) is 0.545. The van der Waals surface area contributed by atoms with Crippen LogP contribution in [0.3, 0.4) is 0 Å². The summed E-state index contributed by atoms with van der Waals surface area (Å²) >= 11 is 0. The van der Waals surface area contributed by atoms with E-state index in [2.05, 4.69) is 10.1 Å². The molecule has 10 heteroatoms. The first-order valence-corrected chi connectivity index (χ1v) is 10.7. The van der Waals surface area contributed by atoms with Crippen LogP contribution in [0.1, 0.15) is 73.1 Å². The van der Waals surface area contributed by atoms with Gasteiger partial charge in [0.2, 0.25) is 12.7 Å². The minimum atomic E-state index is -1.85. The Bertz CT molecular complexity index is 799. The molecule has 1 aliphatic heterocycles. The lowest BCUT2D eigenvalue weighted by Gasteiger charge is -2.21. The van der Waals surface area contributed by atoms with E-state index < -0.39 is 42.6 Å². The number of alkyl carbamates (subject to hydrolysis) is 1. The highest BCUT2D eigenvalue weighted by Gasteiger charge is 2.35. The molecule has 3 amide bonds. The smallest absolute Gasteiger partial charge is 0.410 e. The van der Waals surface area contributed by atoms with Crippen molar-refractivity contribution in [2.24, 2.45) is 0 Å². The first-order chi connectivity index (χ1) is 15.3. The van der Waals surface area contributed by atoms with E-state index >= 15 is 0 Å². The Labute approximate surface area is 185 Å². The zero-order valence-corrected chi connectivity index (χ0v) is 18.1. The normalized spacial score (nSPS) is 15.7. The van der Waals surface area contributed by atoms with Crippen molar-refractivity contribution in [2.75, 3.05) is 6.54 Å². The van der Waals surface area contributed by atoms with Gasteiger partial charge in [0.05, 0.1) is 11.1 Å². The van der Waals surface area contributed by atoms with Crippen LogP contribution in [0.15, 0.2) is 24.3 Å². The summed E-state index contributed by atoms with van der Waals surface area (Å²) in [5.74, 6) is -1.96. The number of benzene rings is 1. The first kappa shape index (κ1) is 25.2. The summed E-state index contributed by atoms with van der Waals surface area (Å²) in [5, 5.41) is 2.19. The summed E-state index contributed by atoms with van der Waals surface area (Å²) in [6, 6.07) is 5.06. The quantitative estimate of drug-likeness (QED) is 0.380. The predicted molar refractivity (Wildman–Crippen MR) is 110 cm³/mol. The minimum Gasteiger partial charge on any atom is -0.430 e. The van der Waals surface area contributed by atoms with Gasteiger partial charge in [-0.3, -0.25) is 14.5 Å². The molecular formula is C22H28F2N2O6. The average molecular weight is 454 g/mol. The Morgan fingerprint density at radius 1 is 0.938 bits per heavy atom. The molecule has 3 atom stereocenters. The van der Waals surface area contributed by atoms with Crippen molar-refractivity contribution >= 4 is 23.9 Å². The molecule has 1 aromatic carbocycles. The maximum Gasteiger partial charge on any atom is 0.410 e. The van der Waals surface area contributed by atoms with E-state index in [0.29, 0.717) is 24.0 Å². The third kappa shape index (κ3) is 6.73. The second-order valence-electron chi connectivity index (χ2n) is 7.39. The van der Waals surface area contributed by atoms with Gasteiger partial charge in [-0.15, -0.1) is 0 Å². The summed E-state index contributed by atoms with van der Waals surface area (Å²) < 4.78 is 36.5. The monoisotopic (exact) mass is 454 g/mol. The van der Waals surface area contributed by atoms with Crippen molar-refractivity contribution < 1.29 is 37.4 Å². The lowest BCUT2D eigenvalue weighted by atomic mass is 10.1.